The minimum atomic E-state index is -0.561. The van der Waals surface area contributed by atoms with E-state index in [-0.39, 0.29) is 40.7 Å². The quantitative estimate of drug-likeness (QED) is 0.605. The summed E-state index contributed by atoms with van der Waals surface area (Å²) in [4.78, 5) is 34.5. The molecule has 4 fully saturated rings. The number of carbonyl (C=O) groups excluding carboxylic acids is 2. The molecule has 1 N–H and O–H groups in total. The summed E-state index contributed by atoms with van der Waals surface area (Å²) < 4.78 is 11.7. The third kappa shape index (κ3) is 2.91. The number of carbonyl (C=O) groups is 2. The number of nitrogens with zero attached hydrogens (tertiary/aromatic N) is 2. The predicted octanol–water partition coefficient (Wildman–Crippen LogP) is 4.53. The van der Waals surface area contributed by atoms with Gasteiger partial charge in [-0.1, -0.05) is 6.07 Å². The Bertz CT molecular complexity index is 1320. The van der Waals surface area contributed by atoms with Gasteiger partial charge in [0.1, 0.15) is 11.4 Å². The minimum absolute atomic E-state index is 0.00267. The van der Waals surface area contributed by atoms with Crippen LogP contribution in [0.25, 0.3) is 0 Å². The zero-order valence-corrected chi connectivity index (χ0v) is 22.8. The second-order valence-corrected chi connectivity index (χ2v) is 13.2. The number of aromatic nitrogens is 1. The fourth-order valence-electron chi connectivity index (χ4n) is 9.66. The van der Waals surface area contributed by atoms with Gasteiger partial charge in [-0.15, -0.1) is 0 Å². The summed E-state index contributed by atoms with van der Waals surface area (Å²) in [5.41, 5.74) is 1.82. The van der Waals surface area contributed by atoms with Crippen molar-refractivity contribution in [3.8, 4) is 5.75 Å². The molecule has 1 aromatic heterocycles. The molecule has 0 radical (unpaired) electrons. The SMILES string of the molecule is COc1ccc2c(c1)[C@]13CCN(C(=O)OC(C)(C)C)[C@H](C2)[C@]12CCC1NC[C@](C(=O)c4cccnc4)(C2)C13. The van der Waals surface area contributed by atoms with Crippen LogP contribution in [-0.4, -0.2) is 59.6 Å². The average molecular weight is 516 g/mol. The number of hydrogen-bond donors (Lipinski definition) is 1. The molecule has 38 heavy (non-hydrogen) atoms. The molecule has 6 atom stereocenters. The number of ketones is 1. The second kappa shape index (κ2) is 7.81. The van der Waals surface area contributed by atoms with Crippen molar-refractivity contribution in [1.82, 2.24) is 15.2 Å². The number of nitrogens with one attached hydrogen (secondary N) is 1. The summed E-state index contributed by atoms with van der Waals surface area (Å²) in [5.74, 6) is 1.22. The Kier molecular flexibility index (Phi) is 4.96. The van der Waals surface area contributed by atoms with Crippen LogP contribution in [-0.2, 0) is 16.6 Å². The number of rotatable bonds is 3. The molecular weight excluding hydrogens is 478 g/mol. The molecule has 2 unspecified atom stereocenters. The molecule has 7 heteroatoms. The van der Waals surface area contributed by atoms with Crippen molar-refractivity contribution in [3.63, 3.8) is 0 Å². The Hall–Kier alpha value is -2.93. The first-order valence-corrected chi connectivity index (χ1v) is 14.0. The summed E-state index contributed by atoms with van der Waals surface area (Å²) in [7, 11) is 1.72. The van der Waals surface area contributed by atoms with Crippen molar-refractivity contribution >= 4 is 11.9 Å². The normalized spacial score (nSPS) is 36.3. The molecule has 7 rings (SSSR count). The number of benzene rings is 1. The van der Waals surface area contributed by atoms with E-state index in [1.165, 1.54) is 11.1 Å². The van der Waals surface area contributed by atoms with Crippen molar-refractivity contribution in [1.29, 1.82) is 0 Å². The number of amides is 1. The lowest BCUT2D eigenvalue weighted by atomic mass is 9.43. The minimum Gasteiger partial charge on any atom is -0.497 e. The number of piperidine rings is 1. The van der Waals surface area contributed by atoms with Crippen LogP contribution in [0, 0.1) is 16.7 Å². The summed E-state index contributed by atoms with van der Waals surface area (Å²) >= 11 is 0. The molecule has 3 heterocycles. The monoisotopic (exact) mass is 515 g/mol. The van der Waals surface area contributed by atoms with Crippen LogP contribution in [0.15, 0.2) is 42.7 Å². The molecule has 2 aliphatic heterocycles. The molecule has 0 spiro atoms. The molecule has 3 aliphatic carbocycles. The van der Waals surface area contributed by atoms with E-state index in [0.717, 1.165) is 37.9 Å². The molecule has 200 valence electrons. The molecule has 7 nitrogen and oxygen atoms in total. The molecular formula is C31H37N3O4. The van der Waals surface area contributed by atoms with Gasteiger partial charge >= 0.3 is 6.09 Å². The fourth-order valence-corrected chi connectivity index (χ4v) is 9.66. The van der Waals surface area contributed by atoms with Crippen LogP contribution in [0.1, 0.15) is 67.9 Å². The summed E-state index contributed by atoms with van der Waals surface area (Å²) in [6, 6.07) is 10.5. The Morgan fingerprint density at radius 2 is 2.03 bits per heavy atom. The number of hydrogen-bond acceptors (Lipinski definition) is 6. The van der Waals surface area contributed by atoms with E-state index in [2.05, 4.69) is 22.4 Å². The largest absolute Gasteiger partial charge is 0.497 e. The summed E-state index contributed by atoms with van der Waals surface area (Å²) in [6.45, 7) is 7.10. The van der Waals surface area contributed by atoms with E-state index in [1.54, 1.807) is 19.5 Å². The van der Waals surface area contributed by atoms with Gasteiger partial charge in [0.25, 0.3) is 0 Å². The fraction of sp³-hybridized carbons (Fsp3) is 0.581. The molecule has 5 aliphatic rings. The summed E-state index contributed by atoms with van der Waals surface area (Å²) in [5, 5.41) is 3.81. The molecule has 4 bridgehead atoms. The zero-order valence-electron chi connectivity index (χ0n) is 22.8. The smallest absolute Gasteiger partial charge is 0.410 e. The first-order chi connectivity index (χ1) is 18.2. The van der Waals surface area contributed by atoms with Gasteiger partial charge in [0.05, 0.1) is 12.5 Å². The first kappa shape index (κ1) is 24.1. The zero-order chi connectivity index (χ0) is 26.5. The molecule has 1 amide bonds. The Balaban J connectivity index is 1.44. The van der Waals surface area contributed by atoms with Crippen LogP contribution < -0.4 is 10.1 Å². The number of Topliss-reactive ketones (excluding diaryl/α,β-unsaturated/α-hetero) is 1. The van der Waals surface area contributed by atoms with Gasteiger partial charge in [-0.25, -0.2) is 4.79 Å². The van der Waals surface area contributed by atoms with E-state index in [9.17, 15) is 9.59 Å². The lowest BCUT2D eigenvalue weighted by Crippen LogP contribution is -2.70. The number of likely N-dealkylation sites (tertiary alicyclic amines) is 1. The van der Waals surface area contributed by atoms with E-state index < -0.39 is 11.0 Å². The Morgan fingerprint density at radius 3 is 2.76 bits per heavy atom. The lowest BCUT2D eigenvalue weighted by Gasteiger charge is -2.65. The molecule has 1 aromatic carbocycles. The van der Waals surface area contributed by atoms with Crippen LogP contribution in [0.5, 0.6) is 5.75 Å². The maximum Gasteiger partial charge on any atom is 0.410 e. The average Bonchev–Trinajstić information content (AvgIpc) is 3.34. The third-order valence-electron chi connectivity index (χ3n) is 10.6. The molecule has 2 saturated carbocycles. The first-order valence-electron chi connectivity index (χ1n) is 14.0. The number of fused-ring (bicyclic) bond motifs is 1. The highest BCUT2D eigenvalue weighted by atomic mass is 16.6. The van der Waals surface area contributed by atoms with Crippen LogP contribution in [0.2, 0.25) is 0 Å². The van der Waals surface area contributed by atoms with E-state index in [4.69, 9.17) is 9.47 Å². The highest BCUT2D eigenvalue weighted by Crippen LogP contribution is 2.78. The highest BCUT2D eigenvalue weighted by molar-refractivity contribution is 6.02. The predicted molar refractivity (Wildman–Crippen MR) is 142 cm³/mol. The maximum absolute atomic E-state index is 14.5. The van der Waals surface area contributed by atoms with Crippen molar-refractivity contribution in [2.24, 2.45) is 16.7 Å². The van der Waals surface area contributed by atoms with E-state index in [1.807, 2.05) is 43.9 Å². The highest BCUT2D eigenvalue weighted by Gasteiger charge is 2.81. The Morgan fingerprint density at radius 1 is 1.18 bits per heavy atom. The standard InChI is InChI=1S/C31H37N3O4/c1-28(2,3)38-27(36)34-13-11-31-22-15-21(37-4)8-7-19(22)14-24(34)30(31)10-9-23-25(31)29(17-30,18-33-23)26(35)20-6-5-12-32-16-20/h5-8,12,15-16,23-25,33H,9-11,13-14,17-18H2,1-4H3/t23?,24-,25?,29-,30-,31+/m1/s1. The van der Waals surface area contributed by atoms with Gasteiger partial charge in [-0.3, -0.25) is 9.78 Å². The van der Waals surface area contributed by atoms with Gasteiger partial charge in [0, 0.05) is 54.0 Å². The van der Waals surface area contributed by atoms with Crippen LogP contribution in [0.3, 0.4) is 0 Å². The molecule has 2 aromatic rings. The summed E-state index contributed by atoms with van der Waals surface area (Å²) in [6.07, 6.45) is 7.62. The van der Waals surface area contributed by atoms with Gasteiger partial charge in [0.15, 0.2) is 5.78 Å². The van der Waals surface area contributed by atoms with Crippen molar-refractivity contribution < 1.29 is 19.1 Å². The van der Waals surface area contributed by atoms with Crippen LogP contribution >= 0.6 is 0 Å². The van der Waals surface area contributed by atoms with Gasteiger partial charge in [0.2, 0.25) is 0 Å². The van der Waals surface area contributed by atoms with Crippen molar-refractivity contribution in [3.05, 3.63) is 59.4 Å². The maximum atomic E-state index is 14.5. The van der Waals surface area contributed by atoms with E-state index in [0.29, 0.717) is 18.7 Å². The van der Waals surface area contributed by atoms with Gasteiger partial charge in [-0.2, -0.15) is 0 Å². The van der Waals surface area contributed by atoms with Crippen molar-refractivity contribution in [2.75, 3.05) is 20.2 Å². The topological polar surface area (TPSA) is 80.8 Å². The number of ether oxygens (including phenoxy) is 2. The Labute approximate surface area is 224 Å². The number of methoxy groups -OCH3 is 1. The van der Waals surface area contributed by atoms with Crippen LogP contribution in [0.4, 0.5) is 4.79 Å². The molecule has 2 saturated heterocycles. The number of pyridine rings is 1. The lowest BCUT2D eigenvalue weighted by molar-refractivity contribution is -0.0937. The van der Waals surface area contributed by atoms with E-state index >= 15 is 0 Å². The van der Waals surface area contributed by atoms with Gasteiger partial charge in [-0.05, 0) is 94.2 Å². The van der Waals surface area contributed by atoms with Crippen molar-refractivity contribution in [2.45, 2.75) is 76.0 Å². The van der Waals surface area contributed by atoms with Gasteiger partial charge < -0.3 is 19.7 Å². The second-order valence-electron chi connectivity index (χ2n) is 13.2. The third-order valence-corrected chi connectivity index (χ3v) is 10.6.